The van der Waals surface area contributed by atoms with E-state index in [-0.39, 0.29) is 22.7 Å². The van der Waals surface area contributed by atoms with Crippen LogP contribution in [0.15, 0.2) is 12.1 Å². The second-order valence-electron chi connectivity index (χ2n) is 4.43. The van der Waals surface area contributed by atoms with Crippen LogP contribution in [-0.4, -0.2) is 28.9 Å². The number of carbonyl (C=O) groups excluding carboxylic acids is 1. The molecule has 0 unspecified atom stereocenters. The lowest BCUT2D eigenvalue weighted by Gasteiger charge is -2.31. The fourth-order valence-corrected chi connectivity index (χ4v) is 2.33. The van der Waals surface area contributed by atoms with Crippen molar-refractivity contribution in [3.05, 3.63) is 27.4 Å². The number of hydrogen-bond donors (Lipinski definition) is 1. The Kier molecular flexibility index (Phi) is 3.84. The molecule has 0 spiro atoms. The number of hydrogen-bond acceptors (Lipinski definition) is 5. The Balaban J connectivity index is 2.15. The maximum Gasteiger partial charge on any atom is 0.276 e. The van der Waals surface area contributed by atoms with Crippen molar-refractivity contribution >= 4 is 29.0 Å². The van der Waals surface area contributed by atoms with E-state index in [9.17, 15) is 14.9 Å². The van der Waals surface area contributed by atoms with Crippen LogP contribution < -0.4 is 10.6 Å². The van der Waals surface area contributed by atoms with Crippen molar-refractivity contribution < 1.29 is 9.72 Å². The highest BCUT2D eigenvalue weighted by Crippen LogP contribution is 2.26. The molecule has 0 aliphatic carbocycles. The quantitative estimate of drug-likeness (QED) is 0.513. The molecule has 1 saturated heterocycles. The molecule has 2 heterocycles. The Bertz CT molecular complexity index is 515. The molecular formula is C11H13ClN4O3. The minimum atomic E-state index is -0.507. The van der Waals surface area contributed by atoms with Crippen LogP contribution in [0.3, 0.4) is 0 Å². The van der Waals surface area contributed by atoms with Gasteiger partial charge in [-0.1, -0.05) is 11.6 Å². The third kappa shape index (κ3) is 3.11. The average molecular weight is 285 g/mol. The van der Waals surface area contributed by atoms with Crippen molar-refractivity contribution in [3.63, 3.8) is 0 Å². The molecule has 0 saturated carbocycles. The molecule has 1 aromatic rings. The summed E-state index contributed by atoms with van der Waals surface area (Å²) in [5.41, 5.74) is 5.17. The summed E-state index contributed by atoms with van der Waals surface area (Å²) < 4.78 is 0. The molecule has 0 bridgehead atoms. The van der Waals surface area contributed by atoms with Crippen molar-refractivity contribution in [3.8, 4) is 0 Å². The lowest BCUT2D eigenvalue weighted by Crippen LogP contribution is -2.38. The molecule has 2 rings (SSSR count). The minimum Gasteiger partial charge on any atom is -0.369 e. The molecule has 0 atom stereocenters. The second-order valence-corrected chi connectivity index (χ2v) is 4.81. The van der Waals surface area contributed by atoms with E-state index in [1.807, 2.05) is 4.90 Å². The molecule has 1 fully saturated rings. The molecule has 1 aliphatic heterocycles. The number of primary amides is 1. The van der Waals surface area contributed by atoms with E-state index in [2.05, 4.69) is 4.98 Å². The lowest BCUT2D eigenvalue weighted by atomic mass is 9.96. The van der Waals surface area contributed by atoms with Gasteiger partial charge in [0.05, 0.1) is 17.1 Å². The highest BCUT2D eigenvalue weighted by atomic mass is 35.5. The number of nitro groups is 1. The van der Waals surface area contributed by atoms with Crippen LogP contribution in [0.25, 0.3) is 0 Å². The van der Waals surface area contributed by atoms with E-state index in [1.54, 1.807) is 0 Å². The molecule has 0 radical (unpaired) electrons. The number of amides is 1. The Morgan fingerprint density at radius 3 is 2.63 bits per heavy atom. The summed E-state index contributed by atoms with van der Waals surface area (Å²) >= 11 is 5.78. The highest BCUT2D eigenvalue weighted by Gasteiger charge is 2.25. The van der Waals surface area contributed by atoms with Crippen LogP contribution in [-0.2, 0) is 4.79 Å². The van der Waals surface area contributed by atoms with E-state index in [4.69, 9.17) is 17.3 Å². The van der Waals surface area contributed by atoms with Crippen LogP contribution in [0.4, 0.5) is 11.5 Å². The zero-order valence-electron chi connectivity index (χ0n) is 10.1. The second kappa shape index (κ2) is 5.40. The van der Waals surface area contributed by atoms with Gasteiger partial charge in [-0.25, -0.2) is 4.98 Å². The van der Waals surface area contributed by atoms with Gasteiger partial charge in [0.2, 0.25) is 5.91 Å². The van der Waals surface area contributed by atoms with Gasteiger partial charge in [0.15, 0.2) is 0 Å². The molecule has 0 aromatic carbocycles. The Morgan fingerprint density at radius 1 is 1.47 bits per heavy atom. The molecule has 1 aliphatic rings. The Labute approximate surface area is 114 Å². The van der Waals surface area contributed by atoms with Gasteiger partial charge in [-0.15, -0.1) is 0 Å². The third-order valence-electron chi connectivity index (χ3n) is 3.20. The monoisotopic (exact) mass is 284 g/mol. The van der Waals surface area contributed by atoms with Crippen molar-refractivity contribution in [2.45, 2.75) is 12.8 Å². The predicted molar refractivity (Wildman–Crippen MR) is 70.0 cm³/mol. The van der Waals surface area contributed by atoms with E-state index >= 15 is 0 Å². The molecule has 1 amide bonds. The van der Waals surface area contributed by atoms with Gasteiger partial charge in [-0.2, -0.15) is 0 Å². The number of carbonyl (C=O) groups is 1. The van der Waals surface area contributed by atoms with Crippen LogP contribution in [0.5, 0.6) is 0 Å². The molecular weight excluding hydrogens is 272 g/mol. The van der Waals surface area contributed by atoms with Crippen molar-refractivity contribution in [1.82, 2.24) is 4.98 Å². The van der Waals surface area contributed by atoms with E-state index in [0.29, 0.717) is 31.7 Å². The number of piperidine rings is 1. The molecule has 7 nitrogen and oxygen atoms in total. The third-order valence-corrected chi connectivity index (χ3v) is 3.39. The number of halogens is 1. The average Bonchev–Trinajstić information content (AvgIpc) is 2.38. The normalized spacial score (nSPS) is 16.4. The molecule has 19 heavy (non-hydrogen) atoms. The van der Waals surface area contributed by atoms with Gasteiger partial charge >= 0.3 is 0 Å². The van der Waals surface area contributed by atoms with Crippen LogP contribution in [0, 0.1) is 16.0 Å². The zero-order valence-corrected chi connectivity index (χ0v) is 10.8. The highest BCUT2D eigenvalue weighted by molar-refractivity contribution is 6.29. The van der Waals surface area contributed by atoms with Gasteiger partial charge in [0.25, 0.3) is 5.69 Å². The van der Waals surface area contributed by atoms with Crippen LogP contribution in [0.1, 0.15) is 12.8 Å². The van der Waals surface area contributed by atoms with Crippen LogP contribution >= 0.6 is 11.6 Å². The number of rotatable bonds is 3. The van der Waals surface area contributed by atoms with Gasteiger partial charge in [-0.3, -0.25) is 14.9 Å². The summed E-state index contributed by atoms with van der Waals surface area (Å²) in [4.78, 5) is 27.3. The van der Waals surface area contributed by atoms with Gasteiger partial charge in [0.1, 0.15) is 11.0 Å². The first kappa shape index (κ1) is 13.5. The standard InChI is InChI=1S/C11H13ClN4O3/c12-9-5-8(16(18)19)6-10(14-9)15-3-1-7(2-4-15)11(13)17/h5-7H,1-4H2,(H2,13,17). The lowest BCUT2D eigenvalue weighted by molar-refractivity contribution is -0.384. The molecule has 102 valence electrons. The molecule has 2 N–H and O–H groups in total. The Hall–Kier alpha value is -1.89. The summed E-state index contributed by atoms with van der Waals surface area (Å²) in [6, 6.07) is 2.59. The SMILES string of the molecule is NC(=O)C1CCN(c2cc([N+](=O)[O-])cc(Cl)n2)CC1. The largest absolute Gasteiger partial charge is 0.369 e. The fourth-order valence-electron chi connectivity index (χ4n) is 2.13. The number of pyridine rings is 1. The number of anilines is 1. The summed E-state index contributed by atoms with van der Waals surface area (Å²) in [5.74, 6) is 0.0252. The zero-order chi connectivity index (χ0) is 14.0. The summed E-state index contributed by atoms with van der Waals surface area (Å²) in [5, 5.41) is 10.9. The predicted octanol–water partition coefficient (Wildman–Crippen LogP) is 1.34. The van der Waals surface area contributed by atoms with Crippen molar-refractivity contribution in [2.24, 2.45) is 11.7 Å². The van der Waals surface area contributed by atoms with Crippen LogP contribution in [0.2, 0.25) is 5.15 Å². The van der Waals surface area contributed by atoms with E-state index in [1.165, 1.54) is 12.1 Å². The first-order chi connectivity index (χ1) is 8.97. The number of aromatic nitrogens is 1. The Morgan fingerprint density at radius 2 is 2.11 bits per heavy atom. The van der Waals surface area contributed by atoms with Gasteiger partial charge in [0, 0.05) is 19.0 Å². The minimum absolute atomic E-state index is 0.0845. The smallest absolute Gasteiger partial charge is 0.276 e. The first-order valence-electron chi connectivity index (χ1n) is 5.83. The summed E-state index contributed by atoms with van der Waals surface area (Å²) in [6.45, 7) is 1.16. The maximum atomic E-state index is 11.1. The summed E-state index contributed by atoms with van der Waals surface area (Å²) in [7, 11) is 0. The maximum absolute atomic E-state index is 11.1. The fraction of sp³-hybridized carbons (Fsp3) is 0.455. The number of nitrogens with two attached hydrogens (primary N) is 1. The van der Waals surface area contributed by atoms with Crippen molar-refractivity contribution in [1.29, 1.82) is 0 Å². The van der Waals surface area contributed by atoms with Crippen molar-refractivity contribution in [2.75, 3.05) is 18.0 Å². The molecule has 1 aromatic heterocycles. The molecule has 8 heteroatoms. The number of nitrogens with zero attached hydrogens (tertiary/aromatic N) is 3. The van der Waals surface area contributed by atoms with Gasteiger partial charge < -0.3 is 10.6 Å². The topological polar surface area (TPSA) is 102 Å². The summed E-state index contributed by atoms with van der Waals surface area (Å²) in [6.07, 6.45) is 1.24. The van der Waals surface area contributed by atoms with E-state index in [0.717, 1.165) is 0 Å². The van der Waals surface area contributed by atoms with E-state index < -0.39 is 4.92 Å². The first-order valence-corrected chi connectivity index (χ1v) is 6.21. The van der Waals surface area contributed by atoms with Gasteiger partial charge in [-0.05, 0) is 12.8 Å².